The van der Waals surface area contributed by atoms with Crippen molar-refractivity contribution in [3.8, 4) is 11.5 Å². The zero-order chi connectivity index (χ0) is 19.3. The molecular formula is C19H11NO7. The first kappa shape index (κ1) is 16.5. The third kappa shape index (κ3) is 2.63. The van der Waals surface area contributed by atoms with Gasteiger partial charge in [-0.1, -0.05) is 6.07 Å². The van der Waals surface area contributed by atoms with E-state index < -0.39 is 27.8 Å². The summed E-state index contributed by atoms with van der Waals surface area (Å²) in [5, 5.41) is 21.1. The molecule has 134 valence electrons. The van der Waals surface area contributed by atoms with Crippen LogP contribution in [0.25, 0.3) is 17.0 Å². The molecule has 1 N–H and O–H groups in total. The van der Waals surface area contributed by atoms with E-state index in [-0.39, 0.29) is 22.7 Å². The quantitative estimate of drug-likeness (QED) is 0.320. The van der Waals surface area contributed by atoms with Gasteiger partial charge < -0.3 is 14.3 Å². The number of nitro groups is 1. The summed E-state index contributed by atoms with van der Waals surface area (Å²) < 4.78 is 10.8. The van der Waals surface area contributed by atoms with E-state index in [0.717, 1.165) is 12.1 Å². The van der Waals surface area contributed by atoms with Crippen LogP contribution in [0.15, 0.2) is 51.4 Å². The van der Waals surface area contributed by atoms with E-state index in [1.54, 1.807) is 19.1 Å². The lowest BCUT2D eigenvalue weighted by atomic mass is 10.0. The summed E-state index contributed by atoms with van der Waals surface area (Å²) in [4.78, 5) is 34.7. The maximum absolute atomic E-state index is 12.8. The molecule has 0 saturated heterocycles. The second kappa shape index (κ2) is 5.80. The van der Waals surface area contributed by atoms with Crippen molar-refractivity contribution in [3.05, 3.63) is 79.4 Å². The Kier molecular flexibility index (Phi) is 3.55. The zero-order valence-electron chi connectivity index (χ0n) is 13.9. The summed E-state index contributed by atoms with van der Waals surface area (Å²) in [6.07, 6.45) is 1.33. The number of benzene rings is 2. The first-order valence-electron chi connectivity index (χ1n) is 7.84. The average Bonchev–Trinajstić information content (AvgIpc) is 2.92. The van der Waals surface area contributed by atoms with E-state index in [2.05, 4.69) is 0 Å². The van der Waals surface area contributed by atoms with Gasteiger partial charge >= 0.3 is 11.3 Å². The van der Waals surface area contributed by atoms with Crippen LogP contribution in [0.4, 0.5) is 5.69 Å². The lowest BCUT2D eigenvalue weighted by molar-refractivity contribution is -0.385. The number of phenols is 1. The highest BCUT2D eigenvalue weighted by molar-refractivity contribution is 6.20. The molecule has 27 heavy (non-hydrogen) atoms. The van der Waals surface area contributed by atoms with E-state index in [1.165, 1.54) is 18.2 Å². The second-order valence-corrected chi connectivity index (χ2v) is 6.01. The van der Waals surface area contributed by atoms with E-state index >= 15 is 0 Å². The van der Waals surface area contributed by atoms with Crippen LogP contribution in [0.2, 0.25) is 0 Å². The minimum atomic E-state index is -0.728. The van der Waals surface area contributed by atoms with Crippen molar-refractivity contribution in [2.75, 3.05) is 0 Å². The fourth-order valence-corrected chi connectivity index (χ4v) is 2.98. The lowest BCUT2D eigenvalue weighted by Gasteiger charge is -2.03. The molecule has 0 aliphatic carbocycles. The van der Waals surface area contributed by atoms with Gasteiger partial charge in [0.25, 0.3) is 0 Å². The summed E-state index contributed by atoms with van der Waals surface area (Å²) in [5.74, 6) is -0.810. The van der Waals surface area contributed by atoms with Crippen molar-refractivity contribution in [3.63, 3.8) is 0 Å². The Labute approximate surface area is 151 Å². The number of aryl methyl sites for hydroxylation is 1. The summed E-state index contributed by atoms with van der Waals surface area (Å²) >= 11 is 0. The average molecular weight is 365 g/mol. The van der Waals surface area contributed by atoms with Crippen LogP contribution in [0, 0.1) is 17.0 Å². The zero-order valence-corrected chi connectivity index (χ0v) is 13.9. The molecule has 8 nitrogen and oxygen atoms in total. The maximum atomic E-state index is 12.8. The van der Waals surface area contributed by atoms with E-state index in [9.17, 15) is 24.8 Å². The van der Waals surface area contributed by atoms with Crippen LogP contribution in [0.5, 0.6) is 11.5 Å². The predicted octanol–water partition coefficient (Wildman–Crippen LogP) is 3.33. The molecule has 0 spiro atoms. The Morgan fingerprint density at radius 1 is 1.15 bits per heavy atom. The van der Waals surface area contributed by atoms with Crippen LogP contribution in [-0.2, 0) is 0 Å². The minimum absolute atomic E-state index is 0.0679. The number of ether oxygens (including phenoxy) is 1. The number of nitro benzene ring substituents is 1. The summed E-state index contributed by atoms with van der Waals surface area (Å²) in [6, 6.07) is 8.33. The highest BCUT2D eigenvalue weighted by Gasteiger charge is 2.31. The number of rotatable bonds is 2. The van der Waals surface area contributed by atoms with E-state index in [0.29, 0.717) is 16.5 Å². The van der Waals surface area contributed by atoms with Gasteiger partial charge in [0, 0.05) is 17.5 Å². The van der Waals surface area contributed by atoms with Crippen molar-refractivity contribution in [2.24, 2.45) is 0 Å². The molecule has 8 heteroatoms. The molecule has 0 atom stereocenters. The monoisotopic (exact) mass is 365 g/mol. The number of phenolic OH excluding ortho intramolecular Hbond substituents is 1. The van der Waals surface area contributed by atoms with Gasteiger partial charge in [0.1, 0.15) is 11.3 Å². The minimum Gasteiger partial charge on any atom is -0.502 e. The molecule has 1 aromatic heterocycles. The molecule has 0 fully saturated rings. The number of ketones is 1. The van der Waals surface area contributed by atoms with Crippen molar-refractivity contribution >= 4 is 28.5 Å². The Bertz CT molecular complexity index is 1240. The van der Waals surface area contributed by atoms with Gasteiger partial charge in [0.05, 0.1) is 4.92 Å². The van der Waals surface area contributed by atoms with Crippen molar-refractivity contribution < 1.29 is 24.0 Å². The van der Waals surface area contributed by atoms with Gasteiger partial charge in [0.15, 0.2) is 17.1 Å². The Balaban J connectivity index is 1.84. The van der Waals surface area contributed by atoms with Crippen LogP contribution < -0.4 is 10.4 Å². The molecule has 0 saturated carbocycles. The van der Waals surface area contributed by atoms with Gasteiger partial charge in [-0.3, -0.25) is 14.9 Å². The maximum Gasteiger partial charge on any atom is 0.336 e. The fourth-order valence-electron chi connectivity index (χ4n) is 2.98. The normalized spacial score (nSPS) is 14.4. The molecule has 3 aromatic rings. The summed E-state index contributed by atoms with van der Waals surface area (Å²) in [5.41, 5.74) is 0.184. The fraction of sp³-hybridized carbons (Fsp3) is 0.0526. The summed E-state index contributed by atoms with van der Waals surface area (Å²) in [7, 11) is 0. The molecule has 0 radical (unpaired) electrons. The number of hydrogen-bond acceptors (Lipinski definition) is 7. The Morgan fingerprint density at radius 3 is 2.67 bits per heavy atom. The molecule has 1 aliphatic heterocycles. The lowest BCUT2D eigenvalue weighted by Crippen LogP contribution is -2.02. The van der Waals surface area contributed by atoms with Crippen LogP contribution >= 0.6 is 0 Å². The largest absolute Gasteiger partial charge is 0.502 e. The number of fused-ring (bicyclic) bond motifs is 3. The number of Topliss-reactive ketones (excluding diaryl/α,β-unsaturated/α-hetero) is 1. The number of aromatic hydroxyl groups is 1. The number of carbonyl (C=O) groups excluding carboxylic acids is 1. The van der Waals surface area contributed by atoms with Crippen LogP contribution in [0.3, 0.4) is 0 Å². The van der Waals surface area contributed by atoms with Gasteiger partial charge in [-0.2, -0.15) is 0 Å². The third-order valence-electron chi connectivity index (χ3n) is 4.25. The van der Waals surface area contributed by atoms with E-state index in [1.807, 2.05) is 0 Å². The number of allylic oxidation sites excluding steroid dienone is 1. The van der Waals surface area contributed by atoms with Crippen molar-refractivity contribution in [1.29, 1.82) is 0 Å². The highest BCUT2D eigenvalue weighted by atomic mass is 16.6. The van der Waals surface area contributed by atoms with Crippen molar-refractivity contribution in [2.45, 2.75) is 6.92 Å². The highest BCUT2D eigenvalue weighted by Crippen LogP contribution is 2.38. The molecule has 4 rings (SSSR count). The van der Waals surface area contributed by atoms with Crippen LogP contribution in [-0.4, -0.2) is 15.8 Å². The topological polar surface area (TPSA) is 120 Å². The third-order valence-corrected chi connectivity index (χ3v) is 4.25. The Hall–Kier alpha value is -3.94. The van der Waals surface area contributed by atoms with Gasteiger partial charge in [-0.25, -0.2) is 4.79 Å². The SMILES string of the molecule is Cc1cc(=O)oc2c3c(ccc12)O/C(=C\c1ccc(O)c([N+](=O)[O-])c1)C3=O. The summed E-state index contributed by atoms with van der Waals surface area (Å²) in [6.45, 7) is 1.73. The molecule has 0 bridgehead atoms. The van der Waals surface area contributed by atoms with Gasteiger partial charge in [-0.15, -0.1) is 0 Å². The molecule has 1 aliphatic rings. The smallest absolute Gasteiger partial charge is 0.336 e. The molecular weight excluding hydrogens is 354 g/mol. The van der Waals surface area contributed by atoms with E-state index in [4.69, 9.17) is 9.15 Å². The Morgan fingerprint density at radius 2 is 1.93 bits per heavy atom. The molecule has 2 aromatic carbocycles. The second-order valence-electron chi connectivity index (χ2n) is 6.01. The number of carbonyl (C=O) groups is 1. The standard InChI is InChI=1S/C19H11NO7/c1-9-6-16(22)27-19-11(9)3-5-14-17(19)18(23)15(26-14)8-10-2-4-13(21)12(7-10)20(24)25/h2-8,21H,1H3/b15-8-. The van der Waals surface area contributed by atoms with Gasteiger partial charge in [-0.05, 0) is 42.3 Å². The number of nitrogens with zero attached hydrogens (tertiary/aromatic N) is 1. The molecule has 0 unspecified atom stereocenters. The first-order valence-corrected chi connectivity index (χ1v) is 7.84. The predicted molar refractivity (Wildman–Crippen MR) is 94.9 cm³/mol. The van der Waals surface area contributed by atoms with Gasteiger partial charge in [0.2, 0.25) is 5.78 Å². The van der Waals surface area contributed by atoms with Crippen LogP contribution in [0.1, 0.15) is 21.5 Å². The first-order chi connectivity index (χ1) is 12.8. The number of hydrogen-bond donors (Lipinski definition) is 1. The van der Waals surface area contributed by atoms with Crippen molar-refractivity contribution in [1.82, 2.24) is 0 Å². The molecule has 2 heterocycles. The molecule has 0 amide bonds.